The third kappa shape index (κ3) is 3.57. The van der Waals surface area contributed by atoms with Crippen molar-refractivity contribution in [3.05, 3.63) is 35.9 Å². The number of hydrogen-bond acceptors (Lipinski definition) is 3. The van der Waals surface area contributed by atoms with E-state index in [1.807, 2.05) is 18.2 Å². The van der Waals surface area contributed by atoms with E-state index in [1.54, 1.807) is 12.1 Å². The van der Waals surface area contributed by atoms with Gasteiger partial charge < -0.3 is 5.32 Å². The molecule has 0 aromatic heterocycles. The zero-order valence-electron chi connectivity index (χ0n) is 10.1. The Morgan fingerprint density at radius 2 is 1.89 bits per heavy atom. The van der Waals surface area contributed by atoms with E-state index in [0.29, 0.717) is 25.2 Å². The number of nitrogens with zero attached hydrogens (tertiary/aromatic N) is 1. The minimum absolute atomic E-state index is 0.492. The molecule has 96 valence electrons. The Kier molecular flexibility index (Phi) is 4.37. The summed E-state index contributed by atoms with van der Waals surface area (Å²) in [7, 11) is -3.47. The van der Waals surface area contributed by atoms with Crippen LogP contribution in [0.2, 0.25) is 0 Å². The molecule has 0 spiro atoms. The van der Waals surface area contributed by atoms with Crippen LogP contribution in [-0.4, -0.2) is 38.9 Å². The molecule has 4 nitrogen and oxygen atoms in total. The quantitative estimate of drug-likeness (QED) is 0.757. The first-order chi connectivity index (χ1) is 8.68. The summed E-state index contributed by atoms with van der Waals surface area (Å²) in [6, 6.07) is 9.15. The van der Waals surface area contributed by atoms with Crippen LogP contribution < -0.4 is 5.32 Å². The Morgan fingerprint density at radius 1 is 1.11 bits per heavy atom. The fourth-order valence-electron chi connectivity index (χ4n) is 1.77. The lowest BCUT2D eigenvalue weighted by Crippen LogP contribution is -2.33. The number of benzene rings is 1. The molecule has 1 aromatic rings. The van der Waals surface area contributed by atoms with Crippen LogP contribution in [-0.2, 0) is 10.0 Å². The molecular weight excluding hydrogens is 248 g/mol. The lowest BCUT2D eigenvalue weighted by molar-refractivity contribution is 0.440. The van der Waals surface area contributed by atoms with Gasteiger partial charge in [-0.05, 0) is 31.0 Å². The summed E-state index contributed by atoms with van der Waals surface area (Å²) in [5.41, 5.74) is 0.717. The summed E-state index contributed by atoms with van der Waals surface area (Å²) in [6.45, 7) is 2.58. The first kappa shape index (κ1) is 13.1. The largest absolute Gasteiger partial charge is 0.315 e. The fraction of sp³-hybridized carbons (Fsp3) is 0.385. The second-order valence-electron chi connectivity index (χ2n) is 4.10. The standard InChI is InChI=1S/C13H16N2O2S/c16-18(17,15-10-4-8-14-9-11-15)12-7-13-5-2-1-3-6-13/h1-3,5-6,14H,4,8-11H2. The molecular formula is C13H16N2O2S. The van der Waals surface area contributed by atoms with Crippen LogP contribution >= 0.6 is 0 Å². The van der Waals surface area contributed by atoms with Crippen molar-refractivity contribution in [2.45, 2.75) is 6.42 Å². The Balaban J connectivity index is 2.14. The highest BCUT2D eigenvalue weighted by molar-refractivity contribution is 7.93. The van der Waals surface area contributed by atoms with E-state index in [1.165, 1.54) is 4.31 Å². The highest BCUT2D eigenvalue weighted by atomic mass is 32.2. The predicted molar refractivity (Wildman–Crippen MR) is 71.3 cm³/mol. The molecule has 5 heteroatoms. The minimum atomic E-state index is -3.47. The van der Waals surface area contributed by atoms with Gasteiger partial charge in [0.15, 0.2) is 0 Å². The van der Waals surface area contributed by atoms with Gasteiger partial charge in [0.05, 0.1) is 0 Å². The Bertz CT molecular complexity index is 535. The van der Waals surface area contributed by atoms with E-state index >= 15 is 0 Å². The topological polar surface area (TPSA) is 49.4 Å². The number of nitrogens with one attached hydrogen (secondary N) is 1. The second-order valence-corrected chi connectivity index (χ2v) is 5.77. The molecule has 0 amide bonds. The maximum Gasteiger partial charge on any atom is 0.283 e. The molecule has 0 bridgehead atoms. The maximum atomic E-state index is 12.0. The van der Waals surface area contributed by atoms with Gasteiger partial charge in [-0.2, -0.15) is 12.7 Å². The van der Waals surface area contributed by atoms with Crippen LogP contribution in [0.15, 0.2) is 30.3 Å². The summed E-state index contributed by atoms with van der Waals surface area (Å²) >= 11 is 0. The summed E-state index contributed by atoms with van der Waals surface area (Å²) in [5, 5.41) is 5.56. The molecule has 1 aliphatic heterocycles. The Hall–Kier alpha value is -1.35. The van der Waals surface area contributed by atoms with Crippen molar-refractivity contribution < 1.29 is 8.42 Å². The monoisotopic (exact) mass is 264 g/mol. The third-order valence-corrected chi connectivity index (χ3v) is 4.14. The van der Waals surface area contributed by atoms with Crippen LogP contribution in [0, 0.1) is 11.2 Å². The highest BCUT2D eigenvalue weighted by Gasteiger charge is 2.20. The summed E-state index contributed by atoms with van der Waals surface area (Å²) < 4.78 is 25.5. The summed E-state index contributed by atoms with van der Waals surface area (Å²) in [6.07, 6.45) is 0.826. The van der Waals surface area contributed by atoms with Crippen LogP contribution in [0.25, 0.3) is 0 Å². The molecule has 2 rings (SSSR count). The van der Waals surface area contributed by atoms with Crippen molar-refractivity contribution in [1.29, 1.82) is 0 Å². The van der Waals surface area contributed by atoms with Crippen LogP contribution in [0.3, 0.4) is 0 Å². The second kappa shape index (κ2) is 6.01. The van der Waals surface area contributed by atoms with Crippen molar-refractivity contribution in [3.8, 4) is 11.2 Å². The molecule has 0 radical (unpaired) electrons. The van der Waals surface area contributed by atoms with Crippen molar-refractivity contribution in [3.63, 3.8) is 0 Å². The van der Waals surface area contributed by atoms with Gasteiger partial charge in [-0.3, -0.25) is 0 Å². The fourth-order valence-corrected chi connectivity index (χ4v) is 2.85. The molecule has 0 unspecified atom stereocenters. The van der Waals surface area contributed by atoms with Crippen LogP contribution in [0.5, 0.6) is 0 Å². The lowest BCUT2D eigenvalue weighted by Gasteiger charge is -2.14. The molecule has 0 atom stereocenters. The van der Waals surface area contributed by atoms with Crippen LogP contribution in [0.1, 0.15) is 12.0 Å². The minimum Gasteiger partial charge on any atom is -0.315 e. The van der Waals surface area contributed by atoms with Gasteiger partial charge in [-0.15, -0.1) is 0 Å². The van der Waals surface area contributed by atoms with Gasteiger partial charge >= 0.3 is 0 Å². The number of hydrogen-bond donors (Lipinski definition) is 1. The smallest absolute Gasteiger partial charge is 0.283 e. The molecule has 1 fully saturated rings. The van der Waals surface area contributed by atoms with Gasteiger partial charge in [0.25, 0.3) is 10.0 Å². The first-order valence-electron chi connectivity index (χ1n) is 5.97. The van der Waals surface area contributed by atoms with E-state index in [9.17, 15) is 8.42 Å². The van der Waals surface area contributed by atoms with Crippen molar-refractivity contribution in [2.24, 2.45) is 0 Å². The SMILES string of the molecule is O=S(=O)(C#Cc1ccccc1)N1CCCNCC1. The lowest BCUT2D eigenvalue weighted by atomic mass is 10.2. The van der Waals surface area contributed by atoms with Gasteiger partial charge in [0.2, 0.25) is 0 Å². The number of sulfonamides is 1. The van der Waals surface area contributed by atoms with Gasteiger partial charge in [0.1, 0.15) is 0 Å². The predicted octanol–water partition coefficient (Wildman–Crippen LogP) is 0.621. The Labute approximate surface area is 108 Å². The molecule has 1 heterocycles. The van der Waals surface area contributed by atoms with Gasteiger partial charge in [0, 0.05) is 30.5 Å². The average molecular weight is 264 g/mol. The van der Waals surface area contributed by atoms with E-state index in [0.717, 1.165) is 13.0 Å². The third-order valence-electron chi connectivity index (χ3n) is 2.74. The maximum absolute atomic E-state index is 12.0. The highest BCUT2D eigenvalue weighted by Crippen LogP contribution is 2.04. The zero-order chi connectivity index (χ0) is 12.8. The molecule has 1 aromatic carbocycles. The van der Waals surface area contributed by atoms with Gasteiger partial charge in [-0.25, -0.2) is 0 Å². The first-order valence-corrected chi connectivity index (χ1v) is 7.41. The van der Waals surface area contributed by atoms with E-state index < -0.39 is 10.0 Å². The normalized spacial score (nSPS) is 17.6. The van der Waals surface area contributed by atoms with Crippen molar-refractivity contribution >= 4 is 10.0 Å². The molecule has 1 aliphatic rings. The summed E-state index contributed by atoms with van der Waals surface area (Å²) in [5.74, 6) is 2.70. The molecule has 1 saturated heterocycles. The molecule has 1 N–H and O–H groups in total. The van der Waals surface area contributed by atoms with Crippen LogP contribution in [0.4, 0.5) is 0 Å². The Morgan fingerprint density at radius 3 is 2.67 bits per heavy atom. The van der Waals surface area contributed by atoms with Crippen molar-refractivity contribution in [1.82, 2.24) is 9.62 Å². The zero-order valence-corrected chi connectivity index (χ0v) is 10.9. The van der Waals surface area contributed by atoms with E-state index in [2.05, 4.69) is 16.5 Å². The van der Waals surface area contributed by atoms with E-state index in [-0.39, 0.29) is 0 Å². The summed E-state index contributed by atoms with van der Waals surface area (Å²) in [4.78, 5) is 0. The van der Waals surface area contributed by atoms with Gasteiger partial charge in [-0.1, -0.05) is 18.2 Å². The average Bonchev–Trinajstić information content (AvgIpc) is 2.67. The number of rotatable bonds is 1. The molecule has 0 saturated carbocycles. The molecule has 0 aliphatic carbocycles. The molecule has 18 heavy (non-hydrogen) atoms. The van der Waals surface area contributed by atoms with E-state index in [4.69, 9.17) is 0 Å². The van der Waals surface area contributed by atoms with Crippen molar-refractivity contribution in [2.75, 3.05) is 26.2 Å².